The van der Waals surface area contributed by atoms with Gasteiger partial charge in [-0.05, 0) is 36.4 Å². The molecule has 0 spiro atoms. The summed E-state index contributed by atoms with van der Waals surface area (Å²) in [6.45, 7) is 4.00. The summed E-state index contributed by atoms with van der Waals surface area (Å²) in [4.78, 5) is 0. The average Bonchev–Trinajstić information content (AvgIpc) is 2.66. The second kappa shape index (κ2) is 12.5. The Kier molecular flexibility index (Phi) is 10.6. The van der Waals surface area contributed by atoms with E-state index in [0.29, 0.717) is 0 Å². The molecule has 0 radical (unpaired) electrons. The fourth-order valence-corrected chi connectivity index (χ4v) is 4.89. The molecule has 0 aliphatic carbocycles. The van der Waals surface area contributed by atoms with E-state index in [2.05, 4.69) is 91.0 Å². The lowest BCUT2D eigenvalue weighted by Crippen LogP contribution is -2.20. The molecule has 1 atom stereocenters. The quantitative estimate of drug-likeness (QED) is 0.563. The molecule has 0 aromatic heterocycles. The molecule has 3 nitrogen and oxygen atoms in total. The zero-order valence-corrected chi connectivity index (χ0v) is 16.1. The standard InChI is InChI=1S/C18H15P.C2H6.H2O3S/c1-4-10-16(11-5-1)19(17-12-6-2-7-13-17)18-14-8-3-9-15-18;1-2;1-4(2)3/h1-15H;1-2H3;(H2,1,2,3). The number of hydrogen-bond donors (Lipinski definition) is 1. The van der Waals surface area contributed by atoms with Crippen LogP contribution in [0.25, 0.3) is 0 Å². The van der Waals surface area contributed by atoms with Gasteiger partial charge < -0.3 is 9.11 Å². The molecular formula is C20H23O3PS. The zero-order valence-electron chi connectivity index (χ0n) is 14.3. The largest absolute Gasteiger partial charge is 0.750 e. The molecule has 0 aliphatic rings. The maximum Gasteiger partial charge on any atom is 0.102 e. The van der Waals surface area contributed by atoms with E-state index < -0.39 is 19.3 Å². The first kappa shape index (κ1) is 21.2. The minimum Gasteiger partial charge on any atom is -0.750 e. The number of hydrogen-bond acceptors (Lipinski definition) is 2. The van der Waals surface area contributed by atoms with E-state index in [1.165, 1.54) is 15.9 Å². The van der Waals surface area contributed by atoms with Crippen molar-refractivity contribution in [3.05, 3.63) is 91.0 Å². The molecule has 3 aromatic carbocycles. The molecular weight excluding hydrogens is 351 g/mol. The third-order valence-electron chi connectivity index (χ3n) is 3.19. The lowest BCUT2D eigenvalue weighted by Gasteiger charge is -2.10. The Hall–Kier alpha value is -1.84. The van der Waals surface area contributed by atoms with Gasteiger partial charge in [0.05, 0.1) is 19.3 Å². The van der Waals surface area contributed by atoms with Gasteiger partial charge in [-0.1, -0.05) is 68.4 Å². The highest BCUT2D eigenvalue weighted by Crippen LogP contribution is 2.32. The molecule has 0 bridgehead atoms. The topological polar surface area (TPSA) is 60.4 Å². The fraction of sp³-hybridized carbons (Fsp3) is 0.100. The molecule has 3 rings (SSSR count). The van der Waals surface area contributed by atoms with Gasteiger partial charge in [0, 0.05) is 0 Å². The SMILES string of the molecule is CC.O=S([O-])O.c1ccc([PH+](c2ccccc2)c2ccccc2)cc1. The fourth-order valence-electron chi connectivity index (χ4n) is 2.31. The smallest absolute Gasteiger partial charge is 0.102 e. The van der Waals surface area contributed by atoms with Crippen LogP contribution in [0.15, 0.2) is 91.0 Å². The predicted octanol–water partition coefficient (Wildman–Crippen LogP) is 3.54. The van der Waals surface area contributed by atoms with Gasteiger partial charge in [-0.2, -0.15) is 0 Å². The van der Waals surface area contributed by atoms with E-state index in [-0.39, 0.29) is 0 Å². The van der Waals surface area contributed by atoms with Crippen molar-refractivity contribution >= 4 is 35.2 Å². The van der Waals surface area contributed by atoms with E-state index in [1.54, 1.807) is 0 Å². The van der Waals surface area contributed by atoms with Crippen LogP contribution in [0, 0.1) is 0 Å². The predicted molar refractivity (Wildman–Crippen MR) is 109 cm³/mol. The Morgan fingerprint density at radius 1 is 0.680 bits per heavy atom. The Labute approximate surface area is 153 Å². The van der Waals surface area contributed by atoms with Gasteiger partial charge >= 0.3 is 0 Å². The van der Waals surface area contributed by atoms with Gasteiger partial charge in [0.1, 0.15) is 15.9 Å². The van der Waals surface area contributed by atoms with Crippen LogP contribution in [0.1, 0.15) is 13.8 Å². The van der Waals surface area contributed by atoms with E-state index in [1.807, 2.05) is 13.8 Å². The second-order valence-electron chi connectivity index (χ2n) is 4.69. The molecule has 0 fully saturated rings. The molecule has 0 amide bonds. The number of benzene rings is 3. The molecule has 1 unspecified atom stereocenters. The molecule has 5 heteroatoms. The highest BCUT2D eigenvalue weighted by atomic mass is 32.2. The molecule has 0 aliphatic heterocycles. The van der Waals surface area contributed by atoms with Crippen molar-refractivity contribution < 1.29 is 13.3 Å². The summed E-state index contributed by atoms with van der Waals surface area (Å²) in [5.41, 5.74) is 0. The normalized spacial score (nSPS) is 10.8. The van der Waals surface area contributed by atoms with E-state index in [9.17, 15) is 0 Å². The lowest BCUT2D eigenvalue weighted by molar-refractivity contribution is 0.436. The van der Waals surface area contributed by atoms with Crippen LogP contribution in [-0.2, 0) is 11.4 Å². The summed E-state index contributed by atoms with van der Waals surface area (Å²) in [6, 6.07) is 32.5. The van der Waals surface area contributed by atoms with Crippen LogP contribution in [0.5, 0.6) is 0 Å². The highest BCUT2D eigenvalue weighted by Gasteiger charge is 2.24. The maximum absolute atomic E-state index is 8.56. The highest BCUT2D eigenvalue weighted by molar-refractivity contribution is 7.79. The Balaban J connectivity index is 0.000000461. The lowest BCUT2D eigenvalue weighted by atomic mass is 10.4. The van der Waals surface area contributed by atoms with E-state index in [0.717, 1.165) is 0 Å². The van der Waals surface area contributed by atoms with Gasteiger partial charge in [0.2, 0.25) is 0 Å². The summed E-state index contributed by atoms with van der Waals surface area (Å²) in [7, 11) is -0.877. The van der Waals surface area contributed by atoms with Gasteiger partial charge in [0.15, 0.2) is 0 Å². The van der Waals surface area contributed by atoms with Crippen molar-refractivity contribution in [1.82, 2.24) is 0 Å². The summed E-state index contributed by atoms with van der Waals surface area (Å²) >= 11 is -2.86. The zero-order chi connectivity index (χ0) is 18.5. The summed E-state index contributed by atoms with van der Waals surface area (Å²) in [5.74, 6) is 0. The number of rotatable bonds is 3. The van der Waals surface area contributed by atoms with Crippen molar-refractivity contribution in [2.75, 3.05) is 0 Å². The monoisotopic (exact) mass is 374 g/mol. The van der Waals surface area contributed by atoms with Crippen LogP contribution in [0.4, 0.5) is 0 Å². The third-order valence-corrected chi connectivity index (χ3v) is 5.92. The first-order chi connectivity index (χ1) is 12.2. The minimum absolute atomic E-state index is 0.877. The summed E-state index contributed by atoms with van der Waals surface area (Å²) in [6.07, 6.45) is 0. The van der Waals surface area contributed by atoms with Crippen LogP contribution < -0.4 is 15.9 Å². The van der Waals surface area contributed by atoms with Gasteiger partial charge in [0.25, 0.3) is 0 Å². The summed E-state index contributed by atoms with van der Waals surface area (Å²) in [5, 5.41) is 4.31. The second-order valence-corrected chi connectivity index (χ2v) is 7.61. The maximum atomic E-state index is 8.56. The molecule has 0 saturated carbocycles. The van der Waals surface area contributed by atoms with Crippen LogP contribution >= 0.6 is 7.92 Å². The summed E-state index contributed by atoms with van der Waals surface area (Å²) < 4.78 is 24.1. The molecule has 132 valence electrons. The molecule has 0 heterocycles. The first-order valence-corrected chi connectivity index (χ1v) is 10.5. The van der Waals surface area contributed by atoms with Crippen molar-refractivity contribution in [3.8, 4) is 0 Å². The first-order valence-electron chi connectivity index (χ1n) is 8.00. The van der Waals surface area contributed by atoms with Crippen molar-refractivity contribution in [1.29, 1.82) is 0 Å². The Morgan fingerprint density at radius 2 is 0.880 bits per heavy atom. The van der Waals surface area contributed by atoms with Gasteiger partial charge in [-0.3, -0.25) is 0 Å². The van der Waals surface area contributed by atoms with E-state index in [4.69, 9.17) is 13.3 Å². The average molecular weight is 374 g/mol. The van der Waals surface area contributed by atoms with Crippen LogP contribution in [0.3, 0.4) is 0 Å². The van der Waals surface area contributed by atoms with E-state index >= 15 is 0 Å². The van der Waals surface area contributed by atoms with Crippen molar-refractivity contribution in [3.63, 3.8) is 0 Å². The molecule has 3 aromatic rings. The molecule has 1 N–H and O–H groups in total. The molecule has 25 heavy (non-hydrogen) atoms. The van der Waals surface area contributed by atoms with Gasteiger partial charge in [-0.15, -0.1) is 0 Å². The van der Waals surface area contributed by atoms with Crippen LogP contribution in [-0.4, -0.2) is 13.3 Å². The van der Waals surface area contributed by atoms with Crippen molar-refractivity contribution in [2.24, 2.45) is 0 Å². The Bertz CT molecular complexity index is 624. The molecule has 0 saturated heterocycles. The van der Waals surface area contributed by atoms with Crippen LogP contribution in [0.2, 0.25) is 0 Å². The minimum atomic E-state index is -2.86. The third kappa shape index (κ3) is 7.72. The van der Waals surface area contributed by atoms with Crippen molar-refractivity contribution in [2.45, 2.75) is 13.8 Å². The Morgan fingerprint density at radius 3 is 1.08 bits per heavy atom. The van der Waals surface area contributed by atoms with Gasteiger partial charge in [-0.25, -0.2) is 4.21 Å².